The largest absolute Gasteiger partial charge is 0.478 e. The highest BCUT2D eigenvalue weighted by atomic mass is 16.4. The fraction of sp³-hybridized carbons (Fsp3) is 0.727. The van der Waals surface area contributed by atoms with Crippen LogP contribution in [0.2, 0.25) is 0 Å². The van der Waals surface area contributed by atoms with Crippen LogP contribution in [0.15, 0.2) is 12.3 Å². The van der Waals surface area contributed by atoms with E-state index in [1.807, 2.05) is 0 Å². The molecule has 2 aliphatic rings. The molecule has 0 aromatic heterocycles. The molecule has 0 radical (unpaired) electrons. The lowest BCUT2D eigenvalue weighted by Crippen LogP contribution is -2.34. The fourth-order valence-corrected chi connectivity index (χ4v) is 2.54. The summed E-state index contributed by atoms with van der Waals surface area (Å²) in [5.41, 5.74) is 0. The molecule has 84 valence electrons. The van der Waals surface area contributed by atoms with Crippen molar-refractivity contribution in [3.8, 4) is 0 Å². The van der Waals surface area contributed by atoms with Crippen LogP contribution in [0.25, 0.3) is 0 Å². The van der Waals surface area contributed by atoms with E-state index < -0.39 is 5.97 Å². The Hall–Kier alpha value is -1.03. The summed E-state index contributed by atoms with van der Waals surface area (Å²) in [6, 6.07) is 0.644. The Balaban J connectivity index is 1.93. The van der Waals surface area contributed by atoms with Crippen LogP contribution in [0, 0.1) is 0 Å². The zero-order valence-electron chi connectivity index (χ0n) is 8.93. The number of carboxylic acid groups (broad SMARTS) is 1. The summed E-state index contributed by atoms with van der Waals surface area (Å²) in [6.45, 7) is 4.36. The van der Waals surface area contributed by atoms with Crippen molar-refractivity contribution in [2.75, 3.05) is 26.2 Å². The van der Waals surface area contributed by atoms with E-state index in [0.29, 0.717) is 6.04 Å². The van der Waals surface area contributed by atoms with Crippen molar-refractivity contribution in [1.82, 2.24) is 9.80 Å². The number of hydrogen-bond acceptors (Lipinski definition) is 3. The molecule has 4 heteroatoms. The Kier molecular flexibility index (Phi) is 3.26. The third-order valence-corrected chi connectivity index (χ3v) is 3.26. The SMILES string of the molecule is O=C(O)C=CN1CCCN2CCCC2C1. The van der Waals surface area contributed by atoms with Crippen molar-refractivity contribution >= 4 is 5.97 Å². The zero-order chi connectivity index (χ0) is 10.7. The van der Waals surface area contributed by atoms with Crippen LogP contribution < -0.4 is 0 Å². The van der Waals surface area contributed by atoms with Gasteiger partial charge in [-0.05, 0) is 25.8 Å². The second kappa shape index (κ2) is 4.66. The molecule has 2 aliphatic heterocycles. The molecule has 4 nitrogen and oxygen atoms in total. The minimum absolute atomic E-state index is 0.644. The second-order valence-corrected chi connectivity index (χ2v) is 4.33. The third kappa shape index (κ3) is 2.72. The lowest BCUT2D eigenvalue weighted by molar-refractivity contribution is -0.131. The van der Waals surface area contributed by atoms with Crippen molar-refractivity contribution in [1.29, 1.82) is 0 Å². The van der Waals surface area contributed by atoms with E-state index in [4.69, 9.17) is 5.11 Å². The van der Waals surface area contributed by atoms with Gasteiger partial charge in [0.25, 0.3) is 0 Å². The molecule has 1 atom stereocenters. The minimum atomic E-state index is -0.859. The van der Waals surface area contributed by atoms with Gasteiger partial charge in [-0.25, -0.2) is 4.79 Å². The van der Waals surface area contributed by atoms with Gasteiger partial charge in [0.1, 0.15) is 0 Å². The van der Waals surface area contributed by atoms with Gasteiger partial charge in [0, 0.05) is 38.0 Å². The number of carboxylic acids is 1. The monoisotopic (exact) mass is 210 g/mol. The van der Waals surface area contributed by atoms with E-state index in [-0.39, 0.29) is 0 Å². The van der Waals surface area contributed by atoms with E-state index in [1.165, 1.54) is 32.0 Å². The summed E-state index contributed by atoms with van der Waals surface area (Å²) in [5, 5.41) is 8.58. The quantitative estimate of drug-likeness (QED) is 0.683. The molecule has 0 saturated carbocycles. The zero-order valence-corrected chi connectivity index (χ0v) is 8.93. The van der Waals surface area contributed by atoms with Crippen LogP contribution in [-0.4, -0.2) is 53.1 Å². The molecule has 0 aromatic carbocycles. The average molecular weight is 210 g/mol. The average Bonchev–Trinajstić information content (AvgIpc) is 2.53. The summed E-state index contributed by atoms with van der Waals surface area (Å²) in [4.78, 5) is 15.1. The maximum atomic E-state index is 10.4. The van der Waals surface area contributed by atoms with E-state index in [2.05, 4.69) is 9.80 Å². The number of rotatable bonds is 2. The van der Waals surface area contributed by atoms with Gasteiger partial charge in [-0.3, -0.25) is 4.90 Å². The van der Waals surface area contributed by atoms with Crippen molar-refractivity contribution in [2.24, 2.45) is 0 Å². The number of carbonyl (C=O) groups is 1. The molecule has 0 bridgehead atoms. The van der Waals surface area contributed by atoms with Gasteiger partial charge in [0.05, 0.1) is 0 Å². The molecule has 1 N–H and O–H groups in total. The lowest BCUT2D eigenvalue weighted by atomic mass is 10.2. The van der Waals surface area contributed by atoms with E-state index in [1.54, 1.807) is 6.20 Å². The second-order valence-electron chi connectivity index (χ2n) is 4.33. The highest BCUT2D eigenvalue weighted by Crippen LogP contribution is 2.21. The van der Waals surface area contributed by atoms with Crippen LogP contribution >= 0.6 is 0 Å². The van der Waals surface area contributed by atoms with Crippen LogP contribution in [0.3, 0.4) is 0 Å². The van der Waals surface area contributed by atoms with Gasteiger partial charge >= 0.3 is 5.97 Å². The Morgan fingerprint density at radius 1 is 1.27 bits per heavy atom. The van der Waals surface area contributed by atoms with Gasteiger partial charge in [-0.1, -0.05) is 0 Å². The normalized spacial score (nSPS) is 28.0. The molecule has 2 heterocycles. The molecule has 0 aromatic rings. The predicted octanol–water partition coefficient (Wildman–Crippen LogP) is 0.755. The van der Waals surface area contributed by atoms with E-state index in [0.717, 1.165) is 19.5 Å². The van der Waals surface area contributed by atoms with Gasteiger partial charge in [0.2, 0.25) is 0 Å². The highest BCUT2D eigenvalue weighted by molar-refractivity contribution is 5.79. The summed E-state index contributed by atoms with van der Waals surface area (Å²) >= 11 is 0. The lowest BCUT2D eigenvalue weighted by Gasteiger charge is -2.24. The molecular weight excluding hydrogens is 192 g/mol. The number of hydrogen-bond donors (Lipinski definition) is 1. The predicted molar refractivity (Wildman–Crippen MR) is 57.6 cm³/mol. The first-order chi connectivity index (χ1) is 7.25. The highest BCUT2D eigenvalue weighted by Gasteiger charge is 2.27. The van der Waals surface area contributed by atoms with E-state index in [9.17, 15) is 4.79 Å². The van der Waals surface area contributed by atoms with Crippen LogP contribution in [0.4, 0.5) is 0 Å². The van der Waals surface area contributed by atoms with Crippen LogP contribution in [0.1, 0.15) is 19.3 Å². The smallest absolute Gasteiger partial charge is 0.329 e. The first kappa shape index (κ1) is 10.5. The Labute approximate surface area is 90.2 Å². The topological polar surface area (TPSA) is 43.8 Å². The summed E-state index contributed by atoms with van der Waals surface area (Å²) in [5.74, 6) is -0.859. The molecule has 1 unspecified atom stereocenters. The molecule has 2 saturated heterocycles. The first-order valence-electron chi connectivity index (χ1n) is 5.65. The van der Waals surface area contributed by atoms with Crippen molar-refractivity contribution in [2.45, 2.75) is 25.3 Å². The number of aliphatic carboxylic acids is 1. The third-order valence-electron chi connectivity index (χ3n) is 3.26. The van der Waals surface area contributed by atoms with Gasteiger partial charge in [-0.15, -0.1) is 0 Å². The first-order valence-corrected chi connectivity index (χ1v) is 5.65. The maximum Gasteiger partial charge on any atom is 0.329 e. The van der Waals surface area contributed by atoms with Crippen molar-refractivity contribution in [3.63, 3.8) is 0 Å². The van der Waals surface area contributed by atoms with Gasteiger partial charge < -0.3 is 10.0 Å². The molecule has 0 amide bonds. The summed E-state index contributed by atoms with van der Waals surface area (Å²) in [6.07, 6.45) is 6.66. The maximum absolute atomic E-state index is 10.4. The Bertz CT molecular complexity index is 265. The summed E-state index contributed by atoms with van der Waals surface area (Å²) in [7, 11) is 0. The molecule has 0 spiro atoms. The Morgan fingerprint density at radius 2 is 2.07 bits per heavy atom. The van der Waals surface area contributed by atoms with Gasteiger partial charge in [0.15, 0.2) is 0 Å². The number of fused-ring (bicyclic) bond motifs is 1. The van der Waals surface area contributed by atoms with Crippen molar-refractivity contribution in [3.05, 3.63) is 12.3 Å². The van der Waals surface area contributed by atoms with Crippen molar-refractivity contribution < 1.29 is 9.90 Å². The Morgan fingerprint density at radius 3 is 2.87 bits per heavy atom. The van der Waals surface area contributed by atoms with Gasteiger partial charge in [-0.2, -0.15) is 0 Å². The standard InChI is InChI=1S/C11H18N2O2/c14-11(15)4-8-12-5-2-7-13-6-1-3-10(13)9-12/h4,8,10H,1-3,5-7,9H2,(H,14,15). The van der Waals surface area contributed by atoms with Crippen LogP contribution in [-0.2, 0) is 4.79 Å². The minimum Gasteiger partial charge on any atom is -0.478 e. The van der Waals surface area contributed by atoms with Crippen LogP contribution in [0.5, 0.6) is 0 Å². The van der Waals surface area contributed by atoms with E-state index >= 15 is 0 Å². The molecule has 0 aliphatic carbocycles. The molecule has 2 rings (SSSR count). The number of nitrogens with zero attached hydrogens (tertiary/aromatic N) is 2. The molecule has 15 heavy (non-hydrogen) atoms. The summed E-state index contributed by atoms with van der Waals surface area (Å²) < 4.78 is 0. The molecule has 2 fully saturated rings. The fourth-order valence-electron chi connectivity index (χ4n) is 2.54. The molecular formula is C11H18N2O2.